The van der Waals surface area contributed by atoms with Crippen LogP contribution in [0.5, 0.6) is 0 Å². The van der Waals surface area contributed by atoms with Gasteiger partial charge in [0.15, 0.2) is 5.82 Å². The fourth-order valence-corrected chi connectivity index (χ4v) is 1.42. The maximum absolute atomic E-state index is 11.8. The number of aromatic amines is 1. The molecule has 19 heavy (non-hydrogen) atoms. The first-order chi connectivity index (χ1) is 9.08. The number of aromatic nitrogens is 5. The van der Waals surface area contributed by atoms with Crippen molar-refractivity contribution in [2.45, 2.75) is 13.5 Å². The molecule has 2 heterocycles. The average molecular weight is 262 g/mol. The highest BCUT2D eigenvalue weighted by Crippen LogP contribution is 2.07. The van der Waals surface area contributed by atoms with Gasteiger partial charge in [-0.25, -0.2) is 9.78 Å². The van der Waals surface area contributed by atoms with Gasteiger partial charge in [0.25, 0.3) is 5.91 Å². The van der Waals surface area contributed by atoms with E-state index in [1.807, 2.05) is 0 Å². The number of pyridine rings is 1. The number of aromatic carboxylic acids is 1. The van der Waals surface area contributed by atoms with Crippen LogP contribution < -0.4 is 5.32 Å². The lowest BCUT2D eigenvalue weighted by atomic mass is 10.2. The summed E-state index contributed by atoms with van der Waals surface area (Å²) < 4.78 is 0. The molecule has 0 aliphatic rings. The van der Waals surface area contributed by atoms with Crippen molar-refractivity contribution < 1.29 is 14.7 Å². The first kappa shape index (κ1) is 12.6. The van der Waals surface area contributed by atoms with Crippen molar-refractivity contribution in [2.75, 3.05) is 0 Å². The minimum atomic E-state index is -1.08. The third kappa shape index (κ3) is 2.89. The van der Waals surface area contributed by atoms with Crippen molar-refractivity contribution in [1.29, 1.82) is 0 Å². The summed E-state index contributed by atoms with van der Waals surface area (Å²) in [6, 6.07) is 2.69. The molecule has 2 aromatic rings. The van der Waals surface area contributed by atoms with Crippen LogP contribution in [0.15, 0.2) is 12.1 Å². The lowest BCUT2D eigenvalue weighted by Crippen LogP contribution is -2.25. The molecule has 3 N–H and O–H groups in total. The molecule has 0 unspecified atom stereocenters. The number of amides is 1. The minimum absolute atomic E-state index is 0.0646. The normalized spacial score (nSPS) is 10.2. The Hall–Kier alpha value is -2.84. The fourth-order valence-electron chi connectivity index (χ4n) is 1.42. The van der Waals surface area contributed by atoms with Gasteiger partial charge in [-0.2, -0.15) is 5.21 Å². The van der Waals surface area contributed by atoms with Crippen molar-refractivity contribution in [3.63, 3.8) is 0 Å². The Kier molecular flexibility index (Phi) is 3.46. The second-order valence-electron chi connectivity index (χ2n) is 3.65. The third-order valence-electron chi connectivity index (χ3n) is 2.35. The van der Waals surface area contributed by atoms with Gasteiger partial charge in [0.1, 0.15) is 5.69 Å². The van der Waals surface area contributed by atoms with Crippen LogP contribution in [0, 0.1) is 6.92 Å². The van der Waals surface area contributed by atoms with E-state index in [1.165, 1.54) is 19.1 Å². The third-order valence-corrected chi connectivity index (χ3v) is 2.35. The van der Waals surface area contributed by atoms with Crippen molar-refractivity contribution in [1.82, 2.24) is 30.9 Å². The Morgan fingerprint density at radius 2 is 2.21 bits per heavy atom. The smallest absolute Gasteiger partial charge is 0.337 e. The maximum atomic E-state index is 11.8. The second-order valence-corrected chi connectivity index (χ2v) is 3.65. The molecule has 2 rings (SSSR count). The van der Waals surface area contributed by atoms with Gasteiger partial charge in [0.2, 0.25) is 0 Å². The summed E-state index contributed by atoms with van der Waals surface area (Å²) in [6.45, 7) is 1.64. The zero-order valence-electron chi connectivity index (χ0n) is 9.91. The number of hydrogen-bond acceptors (Lipinski definition) is 6. The molecule has 9 nitrogen and oxygen atoms in total. The molecule has 0 bridgehead atoms. The summed E-state index contributed by atoms with van der Waals surface area (Å²) in [7, 11) is 0. The number of rotatable bonds is 4. The number of carboxylic acids is 1. The summed E-state index contributed by atoms with van der Waals surface area (Å²) in [5, 5.41) is 24.4. The van der Waals surface area contributed by atoms with Gasteiger partial charge >= 0.3 is 5.97 Å². The molecular formula is C10H10N6O3. The van der Waals surface area contributed by atoms with E-state index in [-0.39, 0.29) is 23.5 Å². The van der Waals surface area contributed by atoms with Gasteiger partial charge in [-0.3, -0.25) is 4.79 Å². The summed E-state index contributed by atoms with van der Waals surface area (Å²) >= 11 is 0. The number of nitrogens with zero attached hydrogens (tertiary/aromatic N) is 4. The second kappa shape index (κ2) is 5.21. The van der Waals surface area contributed by atoms with Crippen molar-refractivity contribution >= 4 is 11.9 Å². The van der Waals surface area contributed by atoms with Crippen LogP contribution in [0.4, 0.5) is 0 Å². The highest BCUT2D eigenvalue weighted by molar-refractivity contribution is 5.94. The van der Waals surface area contributed by atoms with Crippen LogP contribution in [-0.4, -0.2) is 42.6 Å². The summed E-state index contributed by atoms with van der Waals surface area (Å²) in [5.41, 5.74) is 0.473. The van der Waals surface area contributed by atoms with Gasteiger partial charge < -0.3 is 10.4 Å². The molecule has 0 saturated carbocycles. The Morgan fingerprint density at radius 1 is 1.42 bits per heavy atom. The van der Waals surface area contributed by atoms with E-state index >= 15 is 0 Å². The van der Waals surface area contributed by atoms with E-state index in [4.69, 9.17) is 5.11 Å². The Bertz CT molecular complexity index is 610. The zero-order chi connectivity index (χ0) is 13.8. The van der Waals surface area contributed by atoms with Gasteiger partial charge in [0, 0.05) is 0 Å². The summed E-state index contributed by atoms with van der Waals surface area (Å²) in [5.74, 6) is -1.18. The van der Waals surface area contributed by atoms with Crippen molar-refractivity contribution in [2.24, 2.45) is 0 Å². The van der Waals surface area contributed by atoms with Crippen molar-refractivity contribution in [3.05, 3.63) is 34.9 Å². The molecule has 0 aromatic carbocycles. The first-order valence-corrected chi connectivity index (χ1v) is 5.29. The molecule has 0 aliphatic heterocycles. The first-order valence-electron chi connectivity index (χ1n) is 5.29. The molecule has 0 saturated heterocycles. The van der Waals surface area contributed by atoms with Gasteiger partial charge in [-0.1, -0.05) is 5.21 Å². The van der Waals surface area contributed by atoms with Gasteiger partial charge in [-0.05, 0) is 19.1 Å². The molecule has 0 atom stereocenters. The number of aryl methyl sites for hydroxylation is 1. The number of carbonyl (C=O) groups is 2. The average Bonchev–Trinajstić information content (AvgIpc) is 2.88. The number of carbonyl (C=O) groups excluding carboxylic acids is 1. The topological polar surface area (TPSA) is 134 Å². The van der Waals surface area contributed by atoms with Crippen LogP contribution in [0.3, 0.4) is 0 Å². The van der Waals surface area contributed by atoms with Crippen molar-refractivity contribution in [3.8, 4) is 0 Å². The predicted octanol–water partition coefficient (Wildman–Crippen LogP) is -0.469. The SMILES string of the molecule is Cc1nc(C(=O)NCc2nn[nH]n2)ccc1C(=O)O. The molecule has 0 radical (unpaired) electrons. The van der Waals surface area contributed by atoms with E-state index in [1.54, 1.807) is 0 Å². The summed E-state index contributed by atoms with van der Waals surface area (Å²) in [6.07, 6.45) is 0. The minimum Gasteiger partial charge on any atom is -0.478 e. The van der Waals surface area contributed by atoms with Crippen LogP contribution >= 0.6 is 0 Å². The van der Waals surface area contributed by atoms with E-state index < -0.39 is 11.9 Å². The van der Waals surface area contributed by atoms with E-state index in [0.29, 0.717) is 5.82 Å². The number of hydrogen-bond donors (Lipinski definition) is 3. The largest absolute Gasteiger partial charge is 0.478 e. The monoisotopic (exact) mass is 262 g/mol. The molecule has 0 fully saturated rings. The zero-order valence-corrected chi connectivity index (χ0v) is 9.91. The quantitative estimate of drug-likeness (QED) is 0.678. The fraction of sp³-hybridized carbons (Fsp3) is 0.200. The number of nitrogens with one attached hydrogen (secondary N) is 2. The lowest BCUT2D eigenvalue weighted by molar-refractivity contribution is 0.0694. The number of carboxylic acid groups (broad SMARTS) is 1. The van der Waals surface area contributed by atoms with E-state index in [9.17, 15) is 9.59 Å². The Balaban J connectivity index is 2.07. The highest BCUT2D eigenvalue weighted by atomic mass is 16.4. The number of H-pyrrole nitrogens is 1. The van der Waals surface area contributed by atoms with Crippen LogP contribution in [-0.2, 0) is 6.54 Å². The standard InChI is InChI=1S/C10H10N6O3/c1-5-6(10(18)19)2-3-7(12-5)9(17)11-4-8-13-15-16-14-8/h2-3H,4H2,1H3,(H,11,17)(H,18,19)(H,13,14,15,16). The van der Waals surface area contributed by atoms with Crippen LogP contribution in [0.2, 0.25) is 0 Å². The molecule has 0 aliphatic carbocycles. The Labute approximate surface area is 107 Å². The summed E-state index contributed by atoms with van der Waals surface area (Å²) in [4.78, 5) is 26.5. The van der Waals surface area contributed by atoms with E-state index in [0.717, 1.165) is 0 Å². The van der Waals surface area contributed by atoms with Gasteiger partial charge in [0.05, 0.1) is 17.8 Å². The van der Waals surface area contributed by atoms with E-state index in [2.05, 4.69) is 30.9 Å². The maximum Gasteiger partial charge on any atom is 0.337 e. The van der Waals surface area contributed by atoms with Crippen LogP contribution in [0.1, 0.15) is 32.4 Å². The number of tetrazole rings is 1. The lowest BCUT2D eigenvalue weighted by Gasteiger charge is -2.04. The Morgan fingerprint density at radius 3 is 2.79 bits per heavy atom. The molecule has 1 amide bonds. The highest BCUT2D eigenvalue weighted by Gasteiger charge is 2.13. The van der Waals surface area contributed by atoms with Gasteiger partial charge in [-0.15, -0.1) is 10.2 Å². The molecule has 9 heteroatoms. The molecular weight excluding hydrogens is 252 g/mol. The predicted molar refractivity (Wildman–Crippen MR) is 61.3 cm³/mol. The molecule has 0 spiro atoms. The molecule has 2 aromatic heterocycles. The molecule has 98 valence electrons. The van der Waals surface area contributed by atoms with Crippen LogP contribution in [0.25, 0.3) is 0 Å².